The number of benzene rings is 3. The molecule has 0 saturated carbocycles. The van der Waals surface area contributed by atoms with Crippen molar-refractivity contribution in [2.75, 3.05) is 0 Å². The Morgan fingerprint density at radius 2 is 0.491 bits per heavy atom. The summed E-state index contributed by atoms with van der Waals surface area (Å²) in [5.74, 6) is 0. The summed E-state index contributed by atoms with van der Waals surface area (Å²) in [6.45, 7) is 64.6. The van der Waals surface area contributed by atoms with Crippen molar-refractivity contribution in [3.63, 3.8) is 0 Å². The molecule has 3 aromatic carbocycles. The lowest BCUT2D eigenvalue weighted by Gasteiger charge is -2.47. The molecule has 7 heteroatoms. The highest BCUT2D eigenvalue weighted by molar-refractivity contribution is 7.15. The number of allylic oxidation sites excluding steroid dienone is 4. The highest BCUT2D eigenvalue weighted by Gasteiger charge is 2.54. The van der Waals surface area contributed by atoms with E-state index in [1.165, 1.54) is 11.1 Å². The van der Waals surface area contributed by atoms with Gasteiger partial charge in [-0.2, -0.15) is 0 Å². The van der Waals surface area contributed by atoms with Gasteiger partial charge in [0.2, 0.25) is 0 Å². The molecule has 0 atom stereocenters. The minimum absolute atomic E-state index is 0.368. The summed E-state index contributed by atoms with van der Waals surface area (Å²) >= 11 is 0. The molecule has 0 saturated heterocycles. The summed E-state index contributed by atoms with van der Waals surface area (Å²) in [5, 5.41) is 15.3. The molecule has 302 valence electrons. The molecular weight excluding hydrogens is 773 g/mol. The van der Waals surface area contributed by atoms with E-state index in [0.717, 1.165) is 0 Å². The van der Waals surface area contributed by atoms with Crippen molar-refractivity contribution in [1.82, 2.24) is 0 Å². The van der Waals surface area contributed by atoms with Crippen molar-refractivity contribution in [3.8, 4) is 0 Å². The third-order valence-electron chi connectivity index (χ3n) is 13.6. The number of rotatable bonds is 10. The fraction of sp³-hybridized carbons (Fsp3) is 0.542. The molecule has 0 unspecified atom stereocenters. The standard InChI is InChI=1S/C48H82Si7/c1-32-33(2)35(4)48(34(32)3)55(45-29-39(49(8,9)10)26-42(36(45)5)52(17,18)19,46-30-40(50(11,12)13)27-43(37(46)6)53(20,21)22)47-31-41(51(14,15)16)28-44(38(47)7)54(23,24)25/h26-31,48H,1-25H3. The van der Waals surface area contributed by atoms with Crippen LogP contribution in [0.3, 0.4) is 0 Å². The molecule has 0 aliphatic heterocycles. The van der Waals surface area contributed by atoms with Crippen molar-refractivity contribution < 1.29 is 0 Å². The van der Waals surface area contributed by atoms with Gasteiger partial charge in [-0.25, -0.2) is 0 Å². The quantitative estimate of drug-likeness (QED) is 0.141. The van der Waals surface area contributed by atoms with Crippen molar-refractivity contribution in [2.24, 2.45) is 0 Å². The first-order valence-corrected chi connectivity index (χ1v) is 44.4. The van der Waals surface area contributed by atoms with Crippen LogP contribution in [0.15, 0.2) is 58.7 Å². The summed E-state index contributed by atoms with van der Waals surface area (Å²) in [5.41, 5.74) is 11.6. The maximum Gasteiger partial charge on any atom is 0.160 e. The zero-order valence-electron chi connectivity index (χ0n) is 40.5. The van der Waals surface area contributed by atoms with Crippen LogP contribution in [0.4, 0.5) is 0 Å². The van der Waals surface area contributed by atoms with Crippen LogP contribution >= 0.6 is 0 Å². The number of hydrogen-bond acceptors (Lipinski definition) is 0. The monoisotopic (exact) mass is 854 g/mol. The van der Waals surface area contributed by atoms with Crippen LogP contribution in [-0.4, -0.2) is 56.5 Å². The maximum absolute atomic E-state index is 2.98. The predicted molar refractivity (Wildman–Crippen MR) is 277 cm³/mol. The summed E-state index contributed by atoms with van der Waals surface area (Å²) in [6, 6.07) is 16.8. The summed E-state index contributed by atoms with van der Waals surface area (Å²) in [6.07, 6.45) is 0. The zero-order valence-corrected chi connectivity index (χ0v) is 47.5. The lowest BCUT2D eigenvalue weighted by molar-refractivity contribution is 1.09. The fourth-order valence-electron chi connectivity index (χ4n) is 9.91. The molecule has 0 fully saturated rings. The second-order valence-electron chi connectivity index (χ2n) is 23.9. The Hall–Kier alpha value is -1.34. The van der Waals surface area contributed by atoms with E-state index in [2.05, 4.69) is 203 Å². The lowest BCUT2D eigenvalue weighted by atomic mass is 10.1. The summed E-state index contributed by atoms with van der Waals surface area (Å²) in [4.78, 5) is 0. The minimum atomic E-state index is -2.98. The minimum Gasteiger partial charge on any atom is -0.0656 e. The molecule has 3 aromatic rings. The third kappa shape index (κ3) is 8.42. The van der Waals surface area contributed by atoms with Gasteiger partial charge in [-0.15, -0.1) is 0 Å². The van der Waals surface area contributed by atoms with Crippen LogP contribution < -0.4 is 46.7 Å². The molecule has 0 amide bonds. The Bertz CT molecular complexity index is 1850. The van der Waals surface area contributed by atoms with Gasteiger partial charge in [0.1, 0.15) is 0 Å². The normalized spacial score (nSPS) is 15.9. The first kappa shape index (κ1) is 46.3. The van der Waals surface area contributed by atoms with E-state index in [9.17, 15) is 0 Å². The van der Waals surface area contributed by atoms with Gasteiger partial charge in [0.05, 0.1) is 48.4 Å². The first-order chi connectivity index (χ1) is 24.5. The van der Waals surface area contributed by atoms with E-state index in [1.807, 2.05) is 0 Å². The van der Waals surface area contributed by atoms with E-state index in [-0.39, 0.29) is 0 Å². The van der Waals surface area contributed by atoms with Gasteiger partial charge >= 0.3 is 0 Å². The van der Waals surface area contributed by atoms with Gasteiger partial charge < -0.3 is 0 Å². The predicted octanol–water partition coefficient (Wildman–Crippen LogP) is 9.41. The average molecular weight is 856 g/mol. The Morgan fingerprint density at radius 3 is 0.673 bits per heavy atom. The average Bonchev–Trinajstić information content (AvgIpc) is 3.18. The van der Waals surface area contributed by atoms with Gasteiger partial charge in [-0.3, -0.25) is 0 Å². The molecule has 1 aliphatic carbocycles. The van der Waals surface area contributed by atoms with Crippen molar-refractivity contribution in [3.05, 3.63) is 75.4 Å². The van der Waals surface area contributed by atoms with Crippen molar-refractivity contribution in [1.29, 1.82) is 0 Å². The van der Waals surface area contributed by atoms with Gasteiger partial charge in [0, 0.05) is 5.54 Å². The van der Waals surface area contributed by atoms with E-state index in [4.69, 9.17) is 0 Å². The van der Waals surface area contributed by atoms with Crippen LogP contribution in [0.25, 0.3) is 0 Å². The second-order valence-corrected chi connectivity index (χ2v) is 58.1. The van der Waals surface area contributed by atoms with Crippen molar-refractivity contribution in [2.45, 2.75) is 172 Å². The van der Waals surface area contributed by atoms with Crippen LogP contribution in [-0.2, 0) is 0 Å². The molecule has 4 rings (SSSR count). The summed E-state index contributed by atoms with van der Waals surface area (Å²) < 4.78 is 0. The fourth-order valence-corrected chi connectivity index (χ4v) is 27.0. The first-order valence-electron chi connectivity index (χ1n) is 21.3. The Kier molecular flexibility index (Phi) is 12.4. The Labute approximate surface area is 348 Å². The molecule has 0 radical (unpaired) electrons. The molecule has 1 aliphatic rings. The highest BCUT2D eigenvalue weighted by Crippen LogP contribution is 2.47. The third-order valence-corrected chi connectivity index (χ3v) is 31.9. The molecule has 0 aromatic heterocycles. The molecule has 0 nitrogen and oxygen atoms in total. The molecule has 0 bridgehead atoms. The van der Waals surface area contributed by atoms with Gasteiger partial charge in [-0.1, -0.05) is 213 Å². The Morgan fingerprint density at radius 1 is 0.291 bits per heavy atom. The SMILES string of the molecule is CC1=C(C)C([Si](c2cc([Si](C)(C)C)cc([Si](C)(C)C)c2C)(c2cc([Si](C)(C)C)cc([Si](C)(C)C)c2C)c2cc([Si](C)(C)C)cc([Si](C)(C)C)c2C)C(C)=C1C. The summed E-state index contributed by atoms with van der Waals surface area (Å²) in [7, 11) is -13.4. The second kappa shape index (κ2) is 14.7. The molecule has 0 N–H and O–H groups in total. The van der Waals surface area contributed by atoms with E-state index >= 15 is 0 Å². The van der Waals surface area contributed by atoms with Gasteiger partial charge in [0.25, 0.3) is 0 Å². The smallest absolute Gasteiger partial charge is 0.0656 e. The molecule has 0 spiro atoms. The van der Waals surface area contributed by atoms with Crippen LogP contribution in [0.2, 0.25) is 123 Å². The van der Waals surface area contributed by atoms with Crippen molar-refractivity contribution >= 4 is 103 Å². The Balaban J connectivity index is 2.67. The highest BCUT2D eigenvalue weighted by atomic mass is 28.3. The largest absolute Gasteiger partial charge is 0.160 e. The van der Waals surface area contributed by atoms with Gasteiger partial charge in [-0.05, 0) is 75.2 Å². The van der Waals surface area contributed by atoms with Crippen LogP contribution in [0.1, 0.15) is 44.4 Å². The van der Waals surface area contributed by atoms with Gasteiger partial charge in [0.15, 0.2) is 8.07 Å². The molecular formula is C48H82Si7. The molecule has 0 heterocycles. The van der Waals surface area contributed by atoms with E-state index in [1.54, 1.807) is 74.5 Å². The topological polar surface area (TPSA) is 0 Å². The van der Waals surface area contributed by atoms with Crippen LogP contribution in [0.5, 0.6) is 0 Å². The maximum atomic E-state index is 2.87. The van der Waals surface area contributed by atoms with E-state index in [0.29, 0.717) is 5.54 Å². The lowest BCUT2D eigenvalue weighted by Crippen LogP contribution is -2.76. The molecule has 55 heavy (non-hydrogen) atoms. The zero-order chi connectivity index (χ0) is 42.6. The van der Waals surface area contributed by atoms with Crippen LogP contribution in [0, 0.1) is 20.8 Å². The van der Waals surface area contributed by atoms with E-state index < -0.39 is 56.5 Å². The number of hydrogen-bond donors (Lipinski definition) is 0.